The fourth-order valence-corrected chi connectivity index (χ4v) is 4.43. The molecule has 1 saturated heterocycles. The Kier molecular flexibility index (Phi) is 6.92. The Morgan fingerprint density at radius 2 is 1.61 bits per heavy atom. The summed E-state index contributed by atoms with van der Waals surface area (Å²) in [5.41, 5.74) is 1.23. The third-order valence-electron chi connectivity index (χ3n) is 5.93. The van der Waals surface area contributed by atoms with E-state index in [4.69, 9.17) is 11.6 Å². The van der Waals surface area contributed by atoms with Crippen LogP contribution in [0, 0.1) is 0 Å². The molecule has 0 unspecified atom stereocenters. The summed E-state index contributed by atoms with van der Waals surface area (Å²) in [6.45, 7) is 3.52. The van der Waals surface area contributed by atoms with Crippen molar-refractivity contribution in [3.63, 3.8) is 0 Å². The lowest BCUT2D eigenvalue weighted by atomic mass is 10.2. The van der Waals surface area contributed by atoms with Crippen molar-refractivity contribution in [3.05, 3.63) is 58.6 Å². The lowest BCUT2D eigenvalue weighted by Crippen LogP contribution is -2.51. The van der Waals surface area contributed by atoms with E-state index in [1.54, 1.807) is 0 Å². The quantitative estimate of drug-likeness (QED) is 0.711. The molecular weight excluding hydrogens is 457 g/mol. The summed E-state index contributed by atoms with van der Waals surface area (Å²) < 4.78 is 39.0. The summed E-state index contributed by atoms with van der Waals surface area (Å²) in [6, 6.07) is 11.2. The number of nitrogens with zero attached hydrogens (tertiary/aromatic N) is 3. The van der Waals surface area contributed by atoms with Crippen LogP contribution in [0.25, 0.3) is 0 Å². The minimum Gasteiger partial charge on any atom is -0.325 e. The van der Waals surface area contributed by atoms with Crippen LogP contribution in [0.3, 0.4) is 0 Å². The van der Waals surface area contributed by atoms with Crippen molar-refractivity contribution >= 4 is 34.8 Å². The Hall–Kier alpha value is -2.62. The average molecular weight is 481 g/mol. The smallest absolute Gasteiger partial charge is 0.325 e. The number of amides is 2. The molecule has 0 aromatic heterocycles. The number of hydrogen-bond acceptors (Lipinski definition) is 4. The van der Waals surface area contributed by atoms with Gasteiger partial charge >= 0.3 is 6.18 Å². The van der Waals surface area contributed by atoms with Crippen LogP contribution in [0.4, 0.5) is 24.5 Å². The maximum absolute atomic E-state index is 13.0. The lowest BCUT2D eigenvalue weighted by Gasteiger charge is -2.34. The molecule has 0 aliphatic carbocycles. The highest BCUT2D eigenvalue weighted by Gasteiger charge is 2.33. The maximum Gasteiger partial charge on any atom is 0.417 e. The molecule has 2 aliphatic heterocycles. The predicted molar refractivity (Wildman–Crippen MR) is 120 cm³/mol. The van der Waals surface area contributed by atoms with Crippen LogP contribution < -0.4 is 10.2 Å². The summed E-state index contributed by atoms with van der Waals surface area (Å²) in [6.07, 6.45) is -3.73. The van der Waals surface area contributed by atoms with Gasteiger partial charge in [-0.15, -0.1) is 0 Å². The van der Waals surface area contributed by atoms with Crippen molar-refractivity contribution in [2.45, 2.75) is 12.6 Å². The van der Waals surface area contributed by atoms with Gasteiger partial charge in [0.2, 0.25) is 11.8 Å². The SMILES string of the molecule is O=C(CN1CCN(CC(=O)N2CCc3ccccc32)CC1)Nc1ccc(Cl)c(C(F)(F)F)c1. The van der Waals surface area contributed by atoms with Gasteiger partial charge in [-0.05, 0) is 36.2 Å². The first-order valence-electron chi connectivity index (χ1n) is 10.7. The molecule has 176 valence electrons. The monoisotopic (exact) mass is 480 g/mol. The normalized spacial score (nSPS) is 17.2. The first-order chi connectivity index (χ1) is 15.7. The van der Waals surface area contributed by atoms with Crippen molar-refractivity contribution in [3.8, 4) is 0 Å². The highest BCUT2D eigenvalue weighted by molar-refractivity contribution is 6.31. The van der Waals surface area contributed by atoms with Crippen LogP contribution in [0.15, 0.2) is 42.5 Å². The number of benzene rings is 2. The molecule has 2 aliphatic rings. The number of halogens is 4. The molecule has 0 spiro atoms. The lowest BCUT2D eigenvalue weighted by molar-refractivity contribution is -0.137. The summed E-state index contributed by atoms with van der Waals surface area (Å²) in [4.78, 5) is 30.9. The molecule has 33 heavy (non-hydrogen) atoms. The van der Waals surface area contributed by atoms with E-state index in [0.717, 1.165) is 24.2 Å². The Labute approximate surface area is 194 Å². The Morgan fingerprint density at radius 1 is 0.939 bits per heavy atom. The molecule has 2 heterocycles. The maximum atomic E-state index is 13.0. The van der Waals surface area contributed by atoms with Crippen LogP contribution in [0.1, 0.15) is 11.1 Å². The topological polar surface area (TPSA) is 55.9 Å². The first kappa shape index (κ1) is 23.5. The van der Waals surface area contributed by atoms with E-state index in [1.165, 1.54) is 11.6 Å². The summed E-state index contributed by atoms with van der Waals surface area (Å²) in [5, 5.41) is 2.09. The number of alkyl halides is 3. The van der Waals surface area contributed by atoms with Gasteiger partial charge in [-0.2, -0.15) is 13.2 Å². The van der Waals surface area contributed by atoms with Gasteiger partial charge in [-0.25, -0.2) is 0 Å². The molecule has 0 radical (unpaired) electrons. The zero-order chi connectivity index (χ0) is 23.6. The summed E-state index contributed by atoms with van der Waals surface area (Å²) in [7, 11) is 0. The second-order valence-corrected chi connectivity index (χ2v) is 8.62. The highest BCUT2D eigenvalue weighted by atomic mass is 35.5. The van der Waals surface area contributed by atoms with Gasteiger partial charge in [0, 0.05) is 44.1 Å². The zero-order valence-electron chi connectivity index (χ0n) is 17.9. The largest absolute Gasteiger partial charge is 0.417 e. The Bertz CT molecular complexity index is 1040. The van der Waals surface area contributed by atoms with Crippen LogP contribution >= 0.6 is 11.6 Å². The fraction of sp³-hybridized carbons (Fsp3) is 0.391. The van der Waals surface area contributed by atoms with Crippen LogP contribution in [0.5, 0.6) is 0 Å². The standard InChI is InChI=1S/C23H24ClF3N4O2/c24-19-6-5-17(13-18(19)23(25,26)27)28-21(32)14-29-9-11-30(12-10-29)15-22(33)31-8-7-16-3-1-2-4-20(16)31/h1-6,13H,7-12,14-15H2,(H,28,32). The number of anilines is 2. The minimum absolute atomic E-state index is 0.0480. The number of carbonyl (C=O) groups excluding carboxylic acids is 2. The van der Waals surface area contributed by atoms with Gasteiger partial charge in [0.25, 0.3) is 0 Å². The van der Waals surface area contributed by atoms with Crippen LogP contribution in [0.2, 0.25) is 5.02 Å². The number of piperazine rings is 1. The number of carbonyl (C=O) groups is 2. The van der Waals surface area contributed by atoms with Crippen LogP contribution in [-0.4, -0.2) is 67.4 Å². The van der Waals surface area contributed by atoms with E-state index < -0.39 is 22.7 Å². The van der Waals surface area contributed by atoms with Crippen molar-refractivity contribution < 1.29 is 22.8 Å². The Morgan fingerprint density at radius 3 is 2.30 bits per heavy atom. The molecule has 4 rings (SSSR count). The number of rotatable bonds is 5. The second-order valence-electron chi connectivity index (χ2n) is 8.22. The van der Waals surface area contributed by atoms with Crippen molar-refractivity contribution in [1.29, 1.82) is 0 Å². The van der Waals surface area contributed by atoms with E-state index in [2.05, 4.69) is 10.2 Å². The molecule has 0 atom stereocenters. The zero-order valence-corrected chi connectivity index (χ0v) is 18.6. The Balaban J connectivity index is 1.24. The number of hydrogen-bond donors (Lipinski definition) is 1. The highest BCUT2D eigenvalue weighted by Crippen LogP contribution is 2.36. The van der Waals surface area contributed by atoms with Crippen molar-refractivity contribution in [2.24, 2.45) is 0 Å². The van der Waals surface area contributed by atoms with Crippen LogP contribution in [-0.2, 0) is 22.2 Å². The minimum atomic E-state index is -4.59. The van der Waals surface area contributed by atoms with Gasteiger partial charge in [-0.1, -0.05) is 29.8 Å². The molecule has 1 N–H and O–H groups in total. The third-order valence-corrected chi connectivity index (χ3v) is 6.26. The van der Waals surface area contributed by atoms with Gasteiger partial charge in [0.15, 0.2) is 0 Å². The summed E-state index contributed by atoms with van der Waals surface area (Å²) >= 11 is 5.62. The van der Waals surface area contributed by atoms with Crippen molar-refractivity contribution in [2.75, 3.05) is 56.0 Å². The third kappa shape index (κ3) is 5.66. The summed E-state index contributed by atoms with van der Waals surface area (Å²) in [5.74, 6) is -0.335. The average Bonchev–Trinajstić information content (AvgIpc) is 3.20. The molecule has 0 bridgehead atoms. The molecule has 10 heteroatoms. The molecule has 6 nitrogen and oxygen atoms in total. The van der Waals surface area contributed by atoms with E-state index in [9.17, 15) is 22.8 Å². The molecule has 2 amide bonds. The van der Waals surface area contributed by atoms with Gasteiger partial charge in [-0.3, -0.25) is 19.4 Å². The van der Waals surface area contributed by atoms with E-state index in [1.807, 2.05) is 34.1 Å². The number of para-hydroxylation sites is 1. The van der Waals surface area contributed by atoms with Gasteiger partial charge in [0.05, 0.1) is 23.7 Å². The van der Waals surface area contributed by atoms with Gasteiger partial charge < -0.3 is 10.2 Å². The number of nitrogens with one attached hydrogen (secondary N) is 1. The molecule has 2 aromatic carbocycles. The van der Waals surface area contributed by atoms with E-state index in [-0.39, 0.29) is 18.1 Å². The molecule has 0 saturated carbocycles. The van der Waals surface area contributed by atoms with Crippen molar-refractivity contribution in [1.82, 2.24) is 9.80 Å². The molecule has 1 fully saturated rings. The fourth-order valence-electron chi connectivity index (χ4n) is 4.20. The van der Waals surface area contributed by atoms with Gasteiger partial charge in [0.1, 0.15) is 0 Å². The predicted octanol–water partition coefficient (Wildman–Crippen LogP) is 3.50. The molecule has 2 aromatic rings. The van der Waals surface area contributed by atoms with E-state index in [0.29, 0.717) is 39.3 Å². The molecular formula is C23H24ClF3N4O2. The first-order valence-corrected chi connectivity index (χ1v) is 11.1. The number of fused-ring (bicyclic) bond motifs is 1. The van der Waals surface area contributed by atoms with E-state index >= 15 is 0 Å². The second kappa shape index (κ2) is 9.70.